The molecule has 0 aliphatic heterocycles. The first-order chi connectivity index (χ1) is 11.9. The minimum Gasteiger partial charge on any atom is -0.480 e. The van der Waals surface area contributed by atoms with E-state index < -0.39 is 54.1 Å². The van der Waals surface area contributed by atoms with E-state index in [2.05, 4.69) is 10.6 Å². The lowest BCUT2D eigenvalue weighted by Crippen LogP contribution is -2.55. The summed E-state index contributed by atoms with van der Waals surface area (Å²) in [6.45, 7) is 3.56. The monoisotopic (exact) mass is 373 g/mol. The highest BCUT2D eigenvalue weighted by molar-refractivity contribution is 5.94. The molecule has 11 nitrogen and oxygen atoms in total. The van der Waals surface area contributed by atoms with Crippen molar-refractivity contribution >= 4 is 29.6 Å². The summed E-state index contributed by atoms with van der Waals surface area (Å²) >= 11 is 0. The van der Waals surface area contributed by atoms with E-state index >= 15 is 0 Å². The minimum absolute atomic E-state index is 0.0113. The molecule has 0 rings (SSSR count). The molecule has 26 heavy (non-hydrogen) atoms. The zero-order valence-electron chi connectivity index (χ0n) is 14.9. The van der Waals surface area contributed by atoms with Gasteiger partial charge in [0.15, 0.2) is 0 Å². The van der Waals surface area contributed by atoms with Crippen molar-refractivity contribution in [3.8, 4) is 0 Å². The number of rotatable bonds is 12. The fraction of sp³-hybridized carbons (Fsp3) is 0.667. The molecule has 9 N–H and O–H groups in total. The van der Waals surface area contributed by atoms with Gasteiger partial charge in [0, 0.05) is 6.42 Å². The summed E-state index contributed by atoms with van der Waals surface area (Å²) in [4.78, 5) is 57.4. The third kappa shape index (κ3) is 9.57. The van der Waals surface area contributed by atoms with Crippen LogP contribution in [0.25, 0.3) is 0 Å². The third-order valence-corrected chi connectivity index (χ3v) is 3.40. The van der Waals surface area contributed by atoms with Gasteiger partial charge in [0.05, 0.1) is 12.5 Å². The second kappa shape index (κ2) is 11.0. The van der Waals surface area contributed by atoms with Gasteiger partial charge in [-0.3, -0.25) is 19.2 Å². The fourth-order valence-electron chi connectivity index (χ4n) is 2.08. The van der Waals surface area contributed by atoms with Crippen LogP contribution >= 0.6 is 0 Å². The topological polar surface area (TPSA) is 208 Å². The van der Waals surface area contributed by atoms with Crippen LogP contribution in [0.2, 0.25) is 0 Å². The standard InChI is InChI=1S/C15H27N5O6/c1-7(2)5-10(15(25)26)20-14(24)9(6-12(18)22)19-13(23)8(16)3-4-11(17)21/h7-10H,3-6,16H2,1-2H3,(H2,17,21)(H2,18,22)(H,19,23)(H,20,24)(H,25,26)/t8-,9-,10-/m0/s1. The summed E-state index contributed by atoms with van der Waals surface area (Å²) in [5.74, 6) is -4.42. The number of hydrogen-bond donors (Lipinski definition) is 6. The first-order valence-corrected chi connectivity index (χ1v) is 8.09. The Hall–Kier alpha value is -2.69. The number of carbonyl (C=O) groups is 5. The van der Waals surface area contributed by atoms with Crippen LogP contribution in [0, 0.1) is 5.92 Å². The predicted molar refractivity (Wildman–Crippen MR) is 91.2 cm³/mol. The average molecular weight is 373 g/mol. The van der Waals surface area contributed by atoms with Gasteiger partial charge in [-0.05, 0) is 18.8 Å². The van der Waals surface area contributed by atoms with Crippen LogP contribution in [-0.2, 0) is 24.0 Å². The predicted octanol–water partition coefficient (Wildman–Crippen LogP) is -2.45. The van der Waals surface area contributed by atoms with Crippen molar-refractivity contribution in [2.24, 2.45) is 23.1 Å². The van der Waals surface area contributed by atoms with E-state index in [0.717, 1.165) is 0 Å². The Bertz CT molecular complexity index is 551. The van der Waals surface area contributed by atoms with E-state index in [4.69, 9.17) is 22.3 Å². The van der Waals surface area contributed by atoms with Gasteiger partial charge in [0.25, 0.3) is 0 Å². The van der Waals surface area contributed by atoms with Crippen LogP contribution in [0.1, 0.15) is 39.5 Å². The van der Waals surface area contributed by atoms with E-state index in [1.165, 1.54) is 0 Å². The number of carbonyl (C=O) groups excluding carboxylic acids is 4. The Balaban J connectivity index is 5.02. The van der Waals surface area contributed by atoms with Gasteiger partial charge in [-0.2, -0.15) is 0 Å². The van der Waals surface area contributed by atoms with Crippen LogP contribution in [-0.4, -0.2) is 52.8 Å². The molecule has 0 aliphatic rings. The summed E-state index contributed by atoms with van der Waals surface area (Å²) in [5, 5.41) is 13.7. The summed E-state index contributed by atoms with van der Waals surface area (Å²) in [6, 6.07) is -3.69. The second-order valence-corrected chi connectivity index (χ2v) is 6.37. The highest BCUT2D eigenvalue weighted by Gasteiger charge is 2.29. The zero-order chi connectivity index (χ0) is 20.4. The number of carboxylic acid groups (broad SMARTS) is 1. The molecule has 0 heterocycles. The van der Waals surface area contributed by atoms with E-state index in [9.17, 15) is 24.0 Å². The lowest BCUT2D eigenvalue weighted by atomic mass is 10.0. The van der Waals surface area contributed by atoms with E-state index in [1.54, 1.807) is 13.8 Å². The SMILES string of the molecule is CC(C)C[C@H](NC(=O)[C@H](CC(N)=O)NC(=O)[C@@H](N)CCC(N)=O)C(=O)O. The number of hydrogen-bond acceptors (Lipinski definition) is 6. The Morgan fingerprint density at radius 2 is 1.46 bits per heavy atom. The zero-order valence-corrected chi connectivity index (χ0v) is 14.9. The Morgan fingerprint density at radius 3 is 1.88 bits per heavy atom. The Morgan fingerprint density at radius 1 is 0.923 bits per heavy atom. The summed E-state index contributed by atoms with van der Waals surface area (Å²) in [6.07, 6.45) is -0.543. The highest BCUT2D eigenvalue weighted by Crippen LogP contribution is 2.06. The molecule has 4 amide bonds. The molecular formula is C15H27N5O6. The van der Waals surface area contributed by atoms with Gasteiger partial charge in [0.1, 0.15) is 12.1 Å². The van der Waals surface area contributed by atoms with Crippen molar-refractivity contribution in [1.82, 2.24) is 10.6 Å². The van der Waals surface area contributed by atoms with Crippen molar-refractivity contribution in [3.63, 3.8) is 0 Å². The molecule has 0 aromatic rings. The first kappa shape index (κ1) is 23.3. The fourth-order valence-corrected chi connectivity index (χ4v) is 2.08. The van der Waals surface area contributed by atoms with Crippen molar-refractivity contribution in [3.05, 3.63) is 0 Å². The molecule has 148 valence electrons. The lowest BCUT2D eigenvalue weighted by molar-refractivity contribution is -0.142. The average Bonchev–Trinajstić information content (AvgIpc) is 2.49. The van der Waals surface area contributed by atoms with Crippen LogP contribution in [0.5, 0.6) is 0 Å². The molecule has 0 aliphatic carbocycles. The van der Waals surface area contributed by atoms with Crippen LogP contribution in [0.4, 0.5) is 0 Å². The number of primary amides is 2. The lowest BCUT2D eigenvalue weighted by Gasteiger charge is -2.22. The number of nitrogens with one attached hydrogen (secondary N) is 2. The van der Waals surface area contributed by atoms with Gasteiger partial charge in [-0.25, -0.2) is 4.79 Å². The van der Waals surface area contributed by atoms with Gasteiger partial charge in [-0.1, -0.05) is 13.8 Å². The summed E-state index contributed by atoms with van der Waals surface area (Å²) in [5.41, 5.74) is 15.6. The number of nitrogens with two attached hydrogens (primary N) is 3. The molecule has 0 saturated heterocycles. The maximum absolute atomic E-state index is 12.3. The molecule has 0 bridgehead atoms. The molecule has 0 radical (unpaired) electrons. The molecule has 11 heteroatoms. The molecule has 0 fully saturated rings. The summed E-state index contributed by atoms with van der Waals surface area (Å²) in [7, 11) is 0. The molecule has 0 saturated carbocycles. The molecule has 0 aromatic carbocycles. The summed E-state index contributed by atoms with van der Waals surface area (Å²) < 4.78 is 0. The number of carboxylic acids is 1. The van der Waals surface area contributed by atoms with Crippen molar-refractivity contribution in [2.45, 2.75) is 57.7 Å². The molecule has 0 spiro atoms. The smallest absolute Gasteiger partial charge is 0.326 e. The maximum Gasteiger partial charge on any atom is 0.326 e. The Kier molecular flexibility index (Phi) is 9.89. The normalized spacial score (nSPS) is 14.2. The largest absolute Gasteiger partial charge is 0.480 e. The quantitative estimate of drug-likeness (QED) is 0.217. The van der Waals surface area contributed by atoms with Crippen LogP contribution in [0.3, 0.4) is 0 Å². The second-order valence-electron chi connectivity index (χ2n) is 6.37. The molecule has 0 aromatic heterocycles. The molecule has 3 atom stereocenters. The van der Waals surface area contributed by atoms with Gasteiger partial charge < -0.3 is 32.9 Å². The van der Waals surface area contributed by atoms with Crippen molar-refractivity contribution in [2.75, 3.05) is 0 Å². The number of amides is 4. The van der Waals surface area contributed by atoms with Gasteiger partial charge in [0.2, 0.25) is 23.6 Å². The van der Waals surface area contributed by atoms with Gasteiger partial charge >= 0.3 is 5.97 Å². The highest BCUT2D eigenvalue weighted by atomic mass is 16.4. The van der Waals surface area contributed by atoms with Crippen LogP contribution < -0.4 is 27.8 Å². The van der Waals surface area contributed by atoms with E-state index in [1.807, 2.05) is 0 Å². The van der Waals surface area contributed by atoms with Crippen molar-refractivity contribution in [1.29, 1.82) is 0 Å². The molecule has 0 unspecified atom stereocenters. The van der Waals surface area contributed by atoms with E-state index in [-0.39, 0.29) is 25.2 Å². The van der Waals surface area contributed by atoms with Crippen LogP contribution in [0.15, 0.2) is 0 Å². The number of aliphatic carboxylic acids is 1. The maximum atomic E-state index is 12.3. The minimum atomic E-state index is -1.38. The first-order valence-electron chi connectivity index (χ1n) is 8.09. The van der Waals surface area contributed by atoms with Gasteiger partial charge in [-0.15, -0.1) is 0 Å². The Labute approximate surface area is 151 Å². The third-order valence-electron chi connectivity index (χ3n) is 3.40. The van der Waals surface area contributed by atoms with E-state index in [0.29, 0.717) is 0 Å². The van der Waals surface area contributed by atoms with Crippen molar-refractivity contribution < 1.29 is 29.1 Å². The molecular weight excluding hydrogens is 346 g/mol.